The van der Waals surface area contributed by atoms with E-state index in [0.29, 0.717) is 6.61 Å². The Bertz CT molecular complexity index is 249. The molecule has 0 aromatic carbocycles. The molecule has 0 bridgehead atoms. The number of carbonyl (C=O) groups is 1. The van der Waals surface area contributed by atoms with Gasteiger partial charge in [-0.15, -0.1) is 0 Å². The van der Waals surface area contributed by atoms with Crippen molar-refractivity contribution >= 4 is 16.2 Å². The monoisotopic (exact) mass is 270 g/mol. The van der Waals surface area contributed by atoms with Crippen LogP contribution in [0.4, 0.5) is 0 Å². The van der Waals surface area contributed by atoms with Crippen LogP contribution in [0.25, 0.3) is 0 Å². The summed E-state index contributed by atoms with van der Waals surface area (Å²) in [4.78, 5) is 11.9. The molecule has 0 N–H and O–H groups in total. The minimum atomic E-state index is -0.0441. The van der Waals surface area contributed by atoms with Gasteiger partial charge in [-0.25, -0.2) is 4.79 Å². The summed E-state index contributed by atoms with van der Waals surface area (Å²) in [5, 5.41) is 0.994. The quantitative estimate of drug-likeness (QED) is 0.263. The van der Waals surface area contributed by atoms with Gasteiger partial charge in [-0.3, -0.25) is 0 Å². The Hall–Kier alpha value is -0.573. The Balaban J connectivity index is 4.44. The van der Waals surface area contributed by atoms with Gasteiger partial charge < -0.3 is 4.74 Å². The Morgan fingerprint density at radius 1 is 0.944 bits per heavy atom. The van der Waals surface area contributed by atoms with Gasteiger partial charge in [-0.05, 0) is 32.1 Å². The molecule has 2 nitrogen and oxygen atoms in total. The molecule has 0 heterocycles. The topological polar surface area (TPSA) is 26.3 Å². The minimum Gasteiger partial charge on any atom is -0.463 e. The SMILES string of the molecule is CCCCOC(=O)C([SiH3])=C(CCCC)CCCC. The van der Waals surface area contributed by atoms with Crippen LogP contribution in [0, 0.1) is 0 Å². The summed E-state index contributed by atoms with van der Waals surface area (Å²) in [5.74, 6) is -0.0441. The van der Waals surface area contributed by atoms with Gasteiger partial charge in [0.15, 0.2) is 0 Å². The summed E-state index contributed by atoms with van der Waals surface area (Å²) in [6.45, 7) is 7.09. The fourth-order valence-electron chi connectivity index (χ4n) is 1.84. The number of rotatable bonds is 10. The second kappa shape index (κ2) is 11.5. The van der Waals surface area contributed by atoms with Crippen LogP contribution in [0.15, 0.2) is 10.8 Å². The average molecular weight is 270 g/mol. The van der Waals surface area contributed by atoms with Crippen LogP contribution in [0.5, 0.6) is 0 Å². The van der Waals surface area contributed by atoms with E-state index in [1.165, 1.54) is 31.3 Å². The highest BCUT2D eigenvalue weighted by molar-refractivity contribution is 6.35. The Morgan fingerprint density at radius 2 is 1.44 bits per heavy atom. The first-order valence-corrected chi connectivity index (χ1v) is 8.53. The van der Waals surface area contributed by atoms with Crippen LogP contribution in [0.3, 0.4) is 0 Å². The zero-order chi connectivity index (χ0) is 13.8. The van der Waals surface area contributed by atoms with Crippen molar-refractivity contribution in [3.63, 3.8) is 0 Å². The highest BCUT2D eigenvalue weighted by atomic mass is 28.1. The molecule has 0 rings (SSSR count). The van der Waals surface area contributed by atoms with Crippen molar-refractivity contribution in [3.05, 3.63) is 10.8 Å². The third-order valence-corrected chi connectivity index (χ3v) is 4.35. The molecule has 0 aromatic rings. The summed E-state index contributed by atoms with van der Waals surface area (Å²) < 4.78 is 5.32. The van der Waals surface area contributed by atoms with Gasteiger partial charge in [-0.2, -0.15) is 0 Å². The van der Waals surface area contributed by atoms with Gasteiger partial charge in [0, 0.05) is 15.4 Å². The molecule has 0 radical (unpaired) electrons. The smallest absolute Gasteiger partial charge is 0.328 e. The molecule has 106 valence electrons. The Labute approximate surface area is 116 Å². The molecule has 0 saturated heterocycles. The van der Waals surface area contributed by atoms with Crippen molar-refractivity contribution in [3.8, 4) is 0 Å². The second-order valence-electron chi connectivity index (χ2n) is 4.93. The highest BCUT2D eigenvalue weighted by Crippen LogP contribution is 2.18. The average Bonchev–Trinajstić information content (AvgIpc) is 2.38. The maximum atomic E-state index is 11.9. The first-order chi connectivity index (χ1) is 8.67. The molecule has 0 saturated carbocycles. The first-order valence-electron chi connectivity index (χ1n) is 7.53. The van der Waals surface area contributed by atoms with E-state index in [4.69, 9.17) is 4.74 Å². The molecule has 0 atom stereocenters. The van der Waals surface area contributed by atoms with E-state index in [2.05, 4.69) is 20.8 Å². The maximum absolute atomic E-state index is 11.9. The minimum absolute atomic E-state index is 0.0441. The molecular weight excluding hydrogens is 240 g/mol. The predicted molar refractivity (Wildman–Crippen MR) is 81.9 cm³/mol. The Kier molecular flexibility index (Phi) is 11.1. The van der Waals surface area contributed by atoms with Crippen molar-refractivity contribution < 1.29 is 9.53 Å². The fourth-order valence-corrected chi connectivity index (χ4v) is 2.49. The third kappa shape index (κ3) is 7.70. The number of hydrogen-bond acceptors (Lipinski definition) is 2. The summed E-state index contributed by atoms with van der Waals surface area (Å²) in [6, 6.07) is 0. The lowest BCUT2D eigenvalue weighted by molar-refractivity contribution is -0.138. The van der Waals surface area contributed by atoms with Crippen LogP contribution in [-0.4, -0.2) is 22.8 Å². The van der Waals surface area contributed by atoms with E-state index < -0.39 is 0 Å². The lowest BCUT2D eigenvalue weighted by Crippen LogP contribution is -2.12. The number of esters is 1. The fraction of sp³-hybridized carbons (Fsp3) is 0.800. The van der Waals surface area contributed by atoms with E-state index in [9.17, 15) is 4.79 Å². The van der Waals surface area contributed by atoms with Crippen molar-refractivity contribution in [2.75, 3.05) is 6.61 Å². The zero-order valence-electron chi connectivity index (χ0n) is 12.7. The maximum Gasteiger partial charge on any atom is 0.328 e. The van der Waals surface area contributed by atoms with Gasteiger partial charge in [0.25, 0.3) is 0 Å². The normalized spacial score (nSPS) is 10.4. The van der Waals surface area contributed by atoms with E-state index in [1.54, 1.807) is 0 Å². The first kappa shape index (κ1) is 17.4. The second-order valence-corrected chi connectivity index (χ2v) is 5.93. The summed E-state index contributed by atoms with van der Waals surface area (Å²) in [7, 11) is 0.813. The number of ether oxygens (including phenoxy) is 1. The van der Waals surface area contributed by atoms with E-state index in [-0.39, 0.29) is 5.97 Å². The van der Waals surface area contributed by atoms with Crippen LogP contribution in [0.1, 0.15) is 72.1 Å². The van der Waals surface area contributed by atoms with Gasteiger partial charge in [0.2, 0.25) is 0 Å². The third-order valence-electron chi connectivity index (χ3n) is 3.23. The predicted octanol–water partition coefficient (Wildman–Crippen LogP) is 3.33. The number of allylic oxidation sites excluding steroid dienone is 1. The van der Waals surface area contributed by atoms with Crippen LogP contribution >= 0.6 is 0 Å². The summed E-state index contributed by atoms with van der Waals surface area (Å²) in [6.07, 6.45) is 8.97. The van der Waals surface area contributed by atoms with Crippen molar-refractivity contribution in [1.82, 2.24) is 0 Å². The van der Waals surface area contributed by atoms with Crippen molar-refractivity contribution in [1.29, 1.82) is 0 Å². The molecule has 3 heteroatoms. The number of carbonyl (C=O) groups excluding carboxylic acids is 1. The standard InChI is InChI=1S/C15H30O2Si/c1-4-7-10-13(11-8-5-2)14(18)15(16)17-12-9-6-3/h4-12H2,1-3,18H3. The molecule has 0 aliphatic heterocycles. The molecule has 0 spiro atoms. The summed E-state index contributed by atoms with van der Waals surface area (Å²) in [5.41, 5.74) is 1.37. The molecule has 0 fully saturated rings. The molecule has 0 aliphatic carbocycles. The van der Waals surface area contributed by atoms with Gasteiger partial charge in [-0.1, -0.05) is 45.6 Å². The van der Waals surface area contributed by atoms with Gasteiger partial charge in [0.05, 0.1) is 6.61 Å². The zero-order valence-corrected chi connectivity index (χ0v) is 14.7. The van der Waals surface area contributed by atoms with Gasteiger partial charge >= 0.3 is 5.97 Å². The van der Waals surface area contributed by atoms with Crippen molar-refractivity contribution in [2.24, 2.45) is 0 Å². The lowest BCUT2D eigenvalue weighted by atomic mass is 10.0. The van der Waals surface area contributed by atoms with Crippen LogP contribution < -0.4 is 0 Å². The van der Waals surface area contributed by atoms with Crippen LogP contribution in [0.2, 0.25) is 0 Å². The summed E-state index contributed by atoms with van der Waals surface area (Å²) >= 11 is 0. The largest absolute Gasteiger partial charge is 0.463 e. The van der Waals surface area contributed by atoms with E-state index in [1.807, 2.05) is 0 Å². The molecule has 0 aliphatic rings. The molecule has 18 heavy (non-hydrogen) atoms. The molecular formula is C15H30O2Si. The molecule has 0 unspecified atom stereocenters. The van der Waals surface area contributed by atoms with Crippen LogP contribution in [-0.2, 0) is 9.53 Å². The highest BCUT2D eigenvalue weighted by Gasteiger charge is 2.11. The lowest BCUT2D eigenvalue weighted by Gasteiger charge is -2.12. The van der Waals surface area contributed by atoms with E-state index in [0.717, 1.165) is 41.1 Å². The Morgan fingerprint density at radius 3 is 1.89 bits per heavy atom. The van der Waals surface area contributed by atoms with Crippen molar-refractivity contribution in [2.45, 2.75) is 72.1 Å². The number of unbranched alkanes of at least 4 members (excludes halogenated alkanes) is 3. The van der Waals surface area contributed by atoms with Gasteiger partial charge in [0.1, 0.15) is 0 Å². The molecule has 0 aromatic heterocycles. The number of hydrogen-bond donors (Lipinski definition) is 0. The van der Waals surface area contributed by atoms with E-state index >= 15 is 0 Å². The molecule has 0 amide bonds.